The Balaban J connectivity index is 2.21. The number of aromatic nitrogens is 1. The van der Waals surface area contributed by atoms with Crippen LogP contribution in [0.5, 0.6) is 0 Å². The van der Waals surface area contributed by atoms with Gasteiger partial charge in [-0.25, -0.2) is 0 Å². The lowest BCUT2D eigenvalue weighted by Crippen LogP contribution is -2.38. The van der Waals surface area contributed by atoms with E-state index in [4.69, 9.17) is 5.84 Å². The second kappa shape index (κ2) is 5.66. The van der Waals surface area contributed by atoms with Crippen molar-refractivity contribution in [3.05, 3.63) is 24.0 Å². The maximum atomic E-state index is 12.4. The number of likely N-dealkylation sites (N-methyl/N-ethyl adjacent to an activating group) is 1. The van der Waals surface area contributed by atoms with E-state index in [1.807, 2.05) is 0 Å². The lowest BCUT2D eigenvalue weighted by atomic mass is 10.2. The van der Waals surface area contributed by atoms with Crippen molar-refractivity contribution in [3.8, 4) is 0 Å². The molecule has 1 saturated heterocycles. The average Bonchev–Trinajstić information content (AvgIpc) is 2.60. The summed E-state index contributed by atoms with van der Waals surface area (Å²) in [5, 5.41) is 0. The van der Waals surface area contributed by atoms with E-state index in [2.05, 4.69) is 10.4 Å². The number of amides is 2. The minimum atomic E-state index is -0.209. The molecule has 0 bridgehead atoms. The zero-order valence-electron chi connectivity index (χ0n) is 10.8. The molecule has 2 amide bonds. The molecule has 3 N–H and O–H groups in total. The number of rotatable bonds is 2. The van der Waals surface area contributed by atoms with Gasteiger partial charge >= 0.3 is 0 Å². The highest BCUT2D eigenvalue weighted by Gasteiger charge is 2.25. The highest BCUT2D eigenvalue weighted by Crippen LogP contribution is 2.16. The molecule has 1 aromatic rings. The first kappa shape index (κ1) is 13.3. The molecule has 0 unspecified atom stereocenters. The van der Waals surface area contributed by atoms with Crippen molar-refractivity contribution >= 4 is 17.5 Å². The fraction of sp³-hybridized carbons (Fsp3) is 0.417. The van der Waals surface area contributed by atoms with Gasteiger partial charge in [0.2, 0.25) is 5.91 Å². The summed E-state index contributed by atoms with van der Waals surface area (Å²) in [6.45, 7) is 1.32. The summed E-state index contributed by atoms with van der Waals surface area (Å²) in [6.07, 6.45) is 3.78. The predicted octanol–water partition coefficient (Wildman–Crippen LogP) is -0.328. The molecule has 0 aliphatic carbocycles. The predicted molar refractivity (Wildman–Crippen MR) is 70.2 cm³/mol. The standard InChI is InChI=1S/C12H17N5O2/c1-16-5-2-6-17(8-11(16)18)12(19)9-3-4-14-7-10(9)15-13/h3-4,7,15H,2,5-6,8,13H2,1H3. The molecule has 0 atom stereocenters. The second-order valence-corrected chi connectivity index (χ2v) is 4.46. The minimum Gasteiger partial charge on any atom is -0.344 e. The van der Waals surface area contributed by atoms with Crippen LogP contribution < -0.4 is 11.3 Å². The summed E-state index contributed by atoms with van der Waals surface area (Å²) in [4.78, 5) is 31.3. The number of anilines is 1. The Morgan fingerprint density at radius 1 is 1.47 bits per heavy atom. The number of hydrazine groups is 1. The van der Waals surface area contributed by atoms with Gasteiger partial charge in [-0.3, -0.25) is 20.4 Å². The van der Waals surface area contributed by atoms with E-state index < -0.39 is 0 Å². The summed E-state index contributed by atoms with van der Waals surface area (Å²) < 4.78 is 0. The van der Waals surface area contributed by atoms with Crippen molar-refractivity contribution in [1.29, 1.82) is 0 Å². The normalized spacial score (nSPS) is 16.2. The SMILES string of the molecule is CN1CCCN(C(=O)c2ccncc2NN)CC1=O. The van der Waals surface area contributed by atoms with Gasteiger partial charge in [0.15, 0.2) is 0 Å². The molecule has 0 spiro atoms. The van der Waals surface area contributed by atoms with Crippen LogP contribution in [0, 0.1) is 0 Å². The number of hydrogen-bond acceptors (Lipinski definition) is 5. The van der Waals surface area contributed by atoms with Gasteiger partial charge < -0.3 is 15.2 Å². The molecule has 0 aromatic carbocycles. The van der Waals surface area contributed by atoms with E-state index in [-0.39, 0.29) is 18.4 Å². The van der Waals surface area contributed by atoms with Crippen molar-refractivity contribution < 1.29 is 9.59 Å². The Bertz CT molecular complexity index is 491. The molecule has 102 valence electrons. The first-order chi connectivity index (χ1) is 9.13. The molecular weight excluding hydrogens is 246 g/mol. The Morgan fingerprint density at radius 2 is 2.26 bits per heavy atom. The van der Waals surface area contributed by atoms with Crippen molar-refractivity contribution in [3.63, 3.8) is 0 Å². The van der Waals surface area contributed by atoms with Gasteiger partial charge in [0.1, 0.15) is 6.54 Å². The first-order valence-corrected chi connectivity index (χ1v) is 6.07. The van der Waals surface area contributed by atoms with E-state index in [9.17, 15) is 9.59 Å². The summed E-state index contributed by atoms with van der Waals surface area (Å²) >= 11 is 0. The summed E-state index contributed by atoms with van der Waals surface area (Å²) in [6, 6.07) is 1.59. The molecule has 7 heteroatoms. The summed E-state index contributed by atoms with van der Waals surface area (Å²) in [5.41, 5.74) is 3.33. The van der Waals surface area contributed by atoms with Crippen LogP contribution in [0.15, 0.2) is 18.5 Å². The van der Waals surface area contributed by atoms with Crippen LogP contribution in [-0.2, 0) is 4.79 Å². The lowest BCUT2D eigenvalue weighted by Gasteiger charge is -2.20. The monoisotopic (exact) mass is 263 g/mol. The molecule has 0 saturated carbocycles. The zero-order chi connectivity index (χ0) is 13.8. The Kier molecular flexibility index (Phi) is 3.96. The Hall–Kier alpha value is -2.15. The fourth-order valence-electron chi connectivity index (χ4n) is 2.03. The Labute approximate surface area is 111 Å². The molecule has 2 rings (SSSR count). The van der Waals surface area contributed by atoms with Gasteiger partial charge in [0, 0.05) is 26.3 Å². The van der Waals surface area contributed by atoms with E-state index in [1.165, 1.54) is 12.4 Å². The maximum Gasteiger partial charge on any atom is 0.256 e. The van der Waals surface area contributed by atoms with Crippen LogP contribution in [0.4, 0.5) is 5.69 Å². The topological polar surface area (TPSA) is 91.6 Å². The number of carbonyl (C=O) groups is 2. The molecule has 1 aliphatic heterocycles. The highest BCUT2D eigenvalue weighted by molar-refractivity contribution is 6.00. The van der Waals surface area contributed by atoms with Gasteiger partial charge in [-0.2, -0.15) is 0 Å². The summed E-state index contributed by atoms with van der Waals surface area (Å²) in [7, 11) is 1.75. The third-order valence-electron chi connectivity index (χ3n) is 3.17. The Morgan fingerprint density at radius 3 is 3.00 bits per heavy atom. The van der Waals surface area contributed by atoms with Crippen LogP contribution >= 0.6 is 0 Å². The average molecular weight is 263 g/mol. The third-order valence-corrected chi connectivity index (χ3v) is 3.17. The molecule has 19 heavy (non-hydrogen) atoms. The van der Waals surface area contributed by atoms with E-state index in [0.29, 0.717) is 24.3 Å². The third kappa shape index (κ3) is 2.82. The molecule has 1 fully saturated rings. The van der Waals surface area contributed by atoms with Crippen molar-refractivity contribution in [1.82, 2.24) is 14.8 Å². The van der Waals surface area contributed by atoms with Gasteiger partial charge in [0.25, 0.3) is 5.91 Å². The largest absolute Gasteiger partial charge is 0.344 e. The second-order valence-electron chi connectivity index (χ2n) is 4.46. The molecule has 1 aromatic heterocycles. The van der Waals surface area contributed by atoms with Crippen LogP contribution in [-0.4, -0.2) is 53.3 Å². The summed E-state index contributed by atoms with van der Waals surface area (Å²) in [5.74, 6) is 5.10. The van der Waals surface area contributed by atoms with E-state index >= 15 is 0 Å². The van der Waals surface area contributed by atoms with Crippen molar-refractivity contribution in [2.45, 2.75) is 6.42 Å². The number of carbonyl (C=O) groups excluding carboxylic acids is 2. The zero-order valence-corrected chi connectivity index (χ0v) is 10.8. The van der Waals surface area contributed by atoms with Gasteiger partial charge in [-0.05, 0) is 12.5 Å². The molecule has 7 nitrogen and oxygen atoms in total. The molecule has 0 radical (unpaired) electrons. The van der Waals surface area contributed by atoms with Gasteiger partial charge in [-0.15, -0.1) is 0 Å². The van der Waals surface area contributed by atoms with Crippen LogP contribution in [0.25, 0.3) is 0 Å². The smallest absolute Gasteiger partial charge is 0.256 e. The first-order valence-electron chi connectivity index (χ1n) is 6.07. The highest BCUT2D eigenvalue weighted by atomic mass is 16.2. The molecular formula is C12H17N5O2. The van der Waals surface area contributed by atoms with E-state index in [0.717, 1.165) is 6.42 Å². The number of hydrogen-bond donors (Lipinski definition) is 2. The number of nitrogens with two attached hydrogens (primary N) is 1. The fourth-order valence-corrected chi connectivity index (χ4v) is 2.03. The minimum absolute atomic E-state index is 0.0536. The van der Waals surface area contributed by atoms with Crippen LogP contribution in [0.2, 0.25) is 0 Å². The van der Waals surface area contributed by atoms with Gasteiger partial charge in [0.05, 0.1) is 17.4 Å². The van der Waals surface area contributed by atoms with Crippen molar-refractivity contribution in [2.24, 2.45) is 5.84 Å². The number of nitrogen functional groups attached to an aromatic ring is 1. The maximum absolute atomic E-state index is 12.4. The lowest BCUT2D eigenvalue weighted by molar-refractivity contribution is -0.129. The quantitative estimate of drug-likeness (QED) is 0.563. The van der Waals surface area contributed by atoms with Gasteiger partial charge in [-0.1, -0.05) is 0 Å². The molecule has 2 heterocycles. The van der Waals surface area contributed by atoms with Crippen LogP contribution in [0.1, 0.15) is 16.8 Å². The number of pyridine rings is 1. The number of nitrogens with one attached hydrogen (secondary N) is 1. The number of nitrogens with zero attached hydrogens (tertiary/aromatic N) is 3. The van der Waals surface area contributed by atoms with Crippen molar-refractivity contribution in [2.75, 3.05) is 32.1 Å². The van der Waals surface area contributed by atoms with E-state index in [1.54, 1.807) is 22.9 Å². The van der Waals surface area contributed by atoms with Crippen LogP contribution in [0.3, 0.4) is 0 Å². The molecule has 1 aliphatic rings.